The Hall–Kier alpha value is -4.78. The molecule has 0 aromatic carbocycles. The highest BCUT2D eigenvalue weighted by atomic mass is 32.2. The number of esters is 3. The maximum atomic E-state index is 11.0. The van der Waals surface area contributed by atoms with E-state index in [1.54, 1.807) is 68.9 Å². The van der Waals surface area contributed by atoms with E-state index < -0.39 is 0 Å². The Balaban J connectivity index is -0.0000000885. The van der Waals surface area contributed by atoms with E-state index in [1.165, 1.54) is 57.2 Å². The van der Waals surface area contributed by atoms with Crippen LogP contribution >= 0.6 is 32.7 Å². The normalized spacial score (nSPS) is 10.9. The molecule has 2 unspecified atom stereocenters. The van der Waals surface area contributed by atoms with Crippen molar-refractivity contribution in [1.29, 1.82) is 10.5 Å². The van der Waals surface area contributed by atoms with Crippen LogP contribution in [0.25, 0.3) is 0 Å². The predicted molar refractivity (Wildman–Crippen MR) is 414 cm³/mol. The van der Waals surface area contributed by atoms with E-state index in [0.717, 1.165) is 37.5 Å². The Morgan fingerprint density at radius 2 is 0.968 bits per heavy atom. The number of carbonyl (C=O) groups is 7. The highest BCUT2D eigenvalue weighted by molar-refractivity contribution is 8.16. The van der Waals surface area contributed by atoms with E-state index in [1.807, 2.05) is 80.7 Å². The number of allylic oxidation sites excluding steroid dienone is 5. The lowest BCUT2D eigenvalue weighted by atomic mass is 10.1. The van der Waals surface area contributed by atoms with Crippen LogP contribution in [-0.2, 0) is 47.8 Å². The second-order valence-corrected chi connectivity index (χ2v) is 31.5. The SMILES string of the molecule is C=S(C)/C=C/C(C)C.C=S(C)CCC(C)C.CC(=O)N(C)CC(C)C.CC(=O)OCC(C)C.CC(=O)SCC(C)C.CC(C)/C=C/C#N.CC(C)/C=C/C(=O)N(C)C.CC(C)CCC#N.CC(C)CCC(=O)N(C)C.COC(=O)/C=C/C(C)C.COC(=O)CCC(C)C. The molecule has 93 heavy (non-hydrogen) atoms. The molecule has 15 nitrogen and oxygen atoms in total. The van der Waals surface area contributed by atoms with Crippen LogP contribution < -0.4 is 0 Å². The third-order valence-electron chi connectivity index (χ3n) is 10.0. The monoisotopic (exact) mass is 1370 g/mol. The summed E-state index contributed by atoms with van der Waals surface area (Å²) in [5, 5.41) is 18.4. The van der Waals surface area contributed by atoms with Crippen molar-refractivity contribution in [2.45, 2.75) is 218 Å². The molecule has 0 aliphatic heterocycles. The molecule has 3 amide bonds. The summed E-state index contributed by atoms with van der Waals surface area (Å²) in [4.78, 5) is 78.7. The van der Waals surface area contributed by atoms with Gasteiger partial charge in [-0.15, -0.1) is 0 Å². The first-order valence-corrected chi connectivity index (χ1v) is 37.7. The second-order valence-electron chi connectivity index (χ2n) is 26.6. The summed E-state index contributed by atoms with van der Waals surface area (Å²) in [6, 6.07) is 4.02. The highest BCUT2D eigenvalue weighted by Gasteiger charge is 2.05. The molecule has 0 aliphatic rings. The minimum absolute atomic E-state index is 0.0497. The van der Waals surface area contributed by atoms with Gasteiger partial charge in [0.1, 0.15) is 0 Å². The average Bonchev–Trinajstić information content (AvgIpc) is 3.65. The molecule has 0 aliphatic carbocycles. The van der Waals surface area contributed by atoms with E-state index in [0.29, 0.717) is 95.5 Å². The average molecular weight is 1380 g/mol. The van der Waals surface area contributed by atoms with Crippen LogP contribution in [-0.4, -0.2) is 154 Å². The van der Waals surface area contributed by atoms with E-state index in [2.05, 4.69) is 153 Å². The number of thioether (sulfide) groups is 1. The molecule has 0 spiro atoms. The molecule has 0 saturated heterocycles. The van der Waals surface area contributed by atoms with Gasteiger partial charge in [-0.25, -0.2) is 4.79 Å². The molecule has 0 aromatic rings. The largest absolute Gasteiger partial charge is 0.469 e. The number of nitrogens with zero attached hydrogens (tertiary/aromatic N) is 5. The number of methoxy groups -OCH3 is 2. The van der Waals surface area contributed by atoms with Crippen LogP contribution in [0.1, 0.15) is 218 Å². The summed E-state index contributed by atoms with van der Waals surface area (Å²) in [5.74, 6) is 16.3. The zero-order valence-electron chi connectivity index (χ0n) is 66.2. The van der Waals surface area contributed by atoms with Crippen LogP contribution in [0.15, 0.2) is 47.9 Å². The summed E-state index contributed by atoms with van der Waals surface area (Å²) in [5.41, 5.74) is 0. The number of carbonyl (C=O) groups excluding carboxylic acids is 7. The number of nitriles is 2. The fraction of sp³-hybridized carbons (Fsp3) is 0.747. The van der Waals surface area contributed by atoms with Crippen LogP contribution in [0.2, 0.25) is 0 Å². The fourth-order valence-electron chi connectivity index (χ4n) is 4.47. The molecule has 550 valence electrons. The minimum atomic E-state index is -0.288. The predicted octanol–water partition coefficient (Wildman–Crippen LogP) is 18.5. The molecule has 0 saturated carbocycles. The molecule has 18 heteroatoms. The van der Waals surface area contributed by atoms with Gasteiger partial charge < -0.3 is 28.9 Å². The first-order valence-electron chi connectivity index (χ1n) is 32.9. The molecule has 0 aromatic heterocycles. The van der Waals surface area contributed by atoms with Crippen LogP contribution in [0.3, 0.4) is 0 Å². The maximum Gasteiger partial charge on any atom is 0.330 e. The van der Waals surface area contributed by atoms with Crippen molar-refractivity contribution < 1.29 is 47.8 Å². The van der Waals surface area contributed by atoms with E-state index >= 15 is 0 Å². The summed E-state index contributed by atoms with van der Waals surface area (Å²) in [7, 11) is 12.3. The van der Waals surface area contributed by atoms with Gasteiger partial charge in [0.2, 0.25) is 17.7 Å². The first-order chi connectivity index (χ1) is 42.5. The number of hydrogen-bond acceptors (Lipinski definition) is 13. The molecule has 2 atom stereocenters. The van der Waals surface area contributed by atoms with Crippen molar-refractivity contribution in [1.82, 2.24) is 14.7 Å². The third kappa shape index (κ3) is 158. The van der Waals surface area contributed by atoms with Gasteiger partial charge >= 0.3 is 17.9 Å². The summed E-state index contributed by atoms with van der Waals surface area (Å²) >= 11 is 1.40. The number of hydrogen-bond donors (Lipinski definition) is 0. The zero-order chi connectivity index (χ0) is 76.0. The lowest BCUT2D eigenvalue weighted by molar-refractivity contribution is -0.142. The molecular formula is C75H147N5O10S3. The van der Waals surface area contributed by atoms with E-state index in [9.17, 15) is 33.6 Å². The molecule has 0 N–H and O–H groups in total. The van der Waals surface area contributed by atoms with Gasteiger partial charge in [0.15, 0.2) is 5.12 Å². The van der Waals surface area contributed by atoms with Gasteiger partial charge in [-0.3, -0.25) is 28.8 Å². The Morgan fingerprint density at radius 1 is 0.538 bits per heavy atom. The Kier molecular flexibility index (Phi) is 98.6. The van der Waals surface area contributed by atoms with Crippen molar-refractivity contribution in [3.05, 3.63) is 47.9 Å². The third-order valence-corrected chi connectivity index (χ3v) is 12.8. The fourth-order valence-corrected chi connectivity index (χ4v) is 6.49. The van der Waals surface area contributed by atoms with Crippen molar-refractivity contribution >= 4 is 85.2 Å². The number of ether oxygens (including phenoxy) is 3. The van der Waals surface area contributed by atoms with Crippen LogP contribution in [0.4, 0.5) is 0 Å². The molecular weight excluding hydrogens is 1230 g/mol. The van der Waals surface area contributed by atoms with Gasteiger partial charge in [-0.1, -0.05) is 200 Å². The smallest absolute Gasteiger partial charge is 0.330 e. The van der Waals surface area contributed by atoms with Crippen LogP contribution in [0.5, 0.6) is 0 Å². The minimum Gasteiger partial charge on any atom is -0.469 e. The maximum absolute atomic E-state index is 11.0. The van der Waals surface area contributed by atoms with Gasteiger partial charge in [-0.2, -0.15) is 31.5 Å². The Morgan fingerprint density at radius 3 is 1.17 bits per heavy atom. The summed E-state index contributed by atoms with van der Waals surface area (Å²) in [6.07, 6.45) is 22.8. The van der Waals surface area contributed by atoms with Gasteiger partial charge in [-0.05, 0) is 121 Å². The molecule has 0 radical (unpaired) electrons. The molecule has 0 rings (SSSR count). The second kappa shape index (κ2) is 81.5. The summed E-state index contributed by atoms with van der Waals surface area (Å²) < 4.78 is 13.5. The first kappa shape index (κ1) is 113. The van der Waals surface area contributed by atoms with Crippen molar-refractivity contribution in [2.24, 2.45) is 65.1 Å². The lowest BCUT2D eigenvalue weighted by Crippen LogP contribution is -2.27. The number of rotatable bonds is 24. The molecule has 0 heterocycles. The highest BCUT2D eigenvalue weighted by Crippen LogP contribution is 2.10. The lowest BCUT2D eigenvalue weighted by Gasteiger charge is -2.16. The zero-order valence-corrected chi connectivity index (χ0v) is 68.7. The molecule has 0 fully saturated rings. The topological polar surface area (TPSA) is 204 Å². The Bertz CT molecular complexity index is 1990. The van der Waals surface area contributed by atoms with Gasteiger partial charge in [0.25, 0.3) is 0 Å². The Labute approximate surface area is 584 Å². The van der Waals surface area contributed by atoms with Crippen molar-refractivity contribution in [3.63, 3.8) is 0 Å². The van der Waals surface area contributed by atoms with Gasteiger partial charge in [0.05, 0.1) is 33.0 Å². The molecule has 0 bridgehead atoms. The van der Waals surface area contributed by atoms with Crippen molar-refractivity contribution in [3.8, 4) is 12.1 Å². The van der Waals surface area contributed by atoms with Gasteiger partial charge in [0, 0.05) is 99.7 Å². The van der Waals surface area contributed by atoms with E-state index in [-0.39, 0.29) is 51.2 Å². The van der Waals surface area contributed by atoms with Crippen molar-refractivity contribution in [2.75, 3.05) is 86.6 Å². The number of amides is 3. The number of likely N-dealkylation sites (N-methyl/N-ethyl adjacent to an activating group) is 1. The quantitative estimate of drug-likeness (QED) is 0.0290. The van der Waals surface area contributed by atoms with Crippen LogP contribution in [0, 0.1) is 87.8 Å². The van der Waals surface area contributed by atoms with E-state index in [4.69, 9.17) is 10.5 Å². The standard InChI is InChI=1S/C8H17NO.C8H15NO.C7H15NO.C7H14O2.C7H12O2.C7H16S.C7H14S.C6H11N.C6H9N.C6H12O2.C6H12OS/c2*1-7(2)5-6-8(10)9(3)4;1-6(2)5-8(4)7(3)9;2*1-6(2)4-5-7(8)9-3;2*1-7(2)5-6-8(3)4;2*1-6(2)4-3-5-7;2*1-5(2)4-8-6(3)7/h7H,5-6H2,1-4H3;5-7H,1-4H3;6H,5H2,1-4H3;6H,4-5H2,1-3H3;4-6H,1-3H3;7H,3,5-6H2,1-2,4H3;5-7H,3H2,1-2,4H3;6H,3-4H2,1-2H3;3-4,6H,1-2H3;2*5H,4H2,1-3H3/b;6-5+;;;5-4+;;6-5+;;4-3+;;. The summed E-state index contributed by atoms with van der Waals surface area (Å²) in [6.45, 7) is 52.1.